The molecule has 1 aliphatic carbocycles. The summed E-state index contributed by atoms with van der Waals surface area (Å²) in [6.07, 6.45) is -2.90. The van der Waals surface area contributed by atoms with E-state index in [9.17, 15) is 35.2 Å². The zero-order valence-corrected chi connectivity index (χ0v) is 17.7. The molecule has 1 atom stereocenters. The first-order valence-electron chi connectivity index (χ1n) is 9.72. The van der Waals surface area contributed by atoms with Gasteiger partial charge in [-0.1, -0.05) is 0 Å². The van der Waals surface area contributed by atoms with E-state index >= 15 is 0 Å². The summed E-state index contributed by atoms with van der Waals surface area (Å²) in [6, 6.07) is 2.74. The summed E-state index contributed by atoms with van der Waals surface area (Å²) in [7, 11) is -4.20. The predicted octanol–water partition coefficient (Wildman–Crippen LogP) is 3.02. The van der Waals surface area contributed by atoms with Crippen molar-refractivity contribution in [3.05, 3.63) is 41.7 Å². The lowest BCUT2D eigenvalue weighted by Crippen LogP contribution is -2.40. The Kier molecular flexibility index (Phi) is 5.35. The molecule has 33 heavy (non-hydrogen) atoms. The van der Waals surface area contributed by atoms with Crippen molar-refractivity contribution in [2.75, 3.05) is 23.3 Å². The summed E-state index contributed by atoms with van der Waals surface area (Å²) in [5.74, 6) is -4.07. The number of carbonyl (C=O) groups excluding carboxylic acids is 1. The van der Waals surface area contributed by atoms with Gasteiger partial charge in [0.1, 0.15) is 5.82 Å². The smallest absolute Gasteiger partial charge is 0.355 e. The van der Waals surface area contributed by atoms with Crippen molar-refractivity contribution in [1.82, 2.24) is 9.97 Å². The molecule has 1 saturated carbocycles. The van der Waals surface area contributed by atoms with Gasteiger partial charge < -0.3 is 10.2 Å². The molecule has 1 amide bonds. The Balaban J connectivity index is 1.69. The van der Waals surface area contributed by atoms with Crippen molar-refractivity contribution in [3.8, 4) is 0 Å². The summed E-state index contributed by atoms with van der Waals surface area (Å²) in [5.41, 5.74) is -3.05. The van der Waals surface area contributed by atoms with Crippen LogP contribution in [-0.4, -0.2) is 43.3 Å². The number of rotatable bonds is 4. The van der Waals surface area contributed by atoms with Gasteiger partial charge >= 0.3 is 6.18 Å². The third kappa shape index (κ3) is 4.49. The Morgan fingerprint density at radius 1 is 1.21 bits per heavy atom. The van der Waals surface area contributed by atoms with E-state index in [-0.39, 0.29) is 37.4 Å². The van der Waals surface area contributed by atoms with Crippen LogP contribution in [0.25, 0.3) is 0 Å². The zero-order chi connectivity index (χ0) is 24.2. The van der Waals surface area contributed by atoms with E-state index in [1.807, 2.05) is 0 Å². The number of anilines is 2. The average Bonchev–Trinajstić information content (AvgIpc) is 3.24. The van der Waals surface area contributed by atoms with Crippen LogP contribution >= 0.6 is 0 Å². The zero-order valence-electron chi connectivity index (χ0n) is 16.9. The Morgan fingerprint density at radius 3 is 2.52 bits per heavy atom. The number of aromatic nitrogens is 2. The first-order valence-corrected chi connectivity index (χ1v) is 11.3. The maximum absolute atomic E-state index is 13.9. The number of pyridine rings is 2. The van der Waals surface area contributed by atoms with Crippen LogP contribution in [0.15, 0.2) is 35.6 Å². The number of piperidine rings is 1. The number of primary sulfonamides is 1. The van der Waals surface area contributed by atoms with E-state index in [1.165, 1.54) is 11.0 Å². The minimum atomic E-state index is -4.80. The molecular formula is C19H18F5N5O3S. The molecule has 8 nitrogen and oxygen atoms in total. The fourth-order valence-corrected chi connectivity index (χ4v) is 4.51. The fourth-order valence-electron chi connectivity index (χ4n) is 4.01. The first kappa shape index (κ1) is 23.3. The van der Waals surface area contributed by atoms with Crippen LogP contribution in [0.1, 0.15) is 35.2 Å². The number of hydrogen-bond donors (Lipinski definition) is 2. The van der Waals surface area contributed by atoms with Crippen molar-refractivity contribution in [2.24, 2.45) is 10.6 Å². The average molecular weight is 491 g/mol. The molecule has 178 valence electrons. The second-order valence-electron chi connectivity index (χ2n) is 8.16. The van der Waals surface area contributed by atoms with E-state index in [4.69, 9.17) is 5.14 Å². The quantitative estimate of drug-likeness (QED) is 0.635. The lowest BCUT2D eigenvalue weighted by Gasteiger charge is -2.35. The number of alkyl halides is 5. The number of halogens is 5. The molecule has 3 heterocycles. The van der Waals surface area contributed by atoms with Gasteiger partial charge in [-0.25, -0.2) is 32.3 Å². The summed E-state index contributed by atoms with van der Waals surface area (Å²) in [4.78, 5) is 21.7. The molecule has 2 aliphatic rings. The summed E-state index contributed by atoms with van der Waals surface area (Å²) < 4.78 is 90.6. The van der Waals surface area contributed by atoms with Gasteiger partial charge in [0.05, 0.1) is 16.5 Å². The molecule has 0 radical (unpaired) electrons. The topological polar surface area (TPSA) is 118 Å². The largest absolute Gasteiger partial charge is 0.417 e. The molecule has 0 aromatic carbocycles. The van der Waals surface area contributed by atoms with Crippen molar-refractivity contribution < 1.29 is 35.2 Å². The lowest BCUT2D eigenvalue weighted by molar-refractivity contribution is -0.137. The number of hydrogen-bond acceptors (Lipinski definition) is 6. The minimum Gasteiger partial charge on any atom is -0.355 e. The fraction of sp³-hybridized carbons (Fsp3) is 0.421. The molecule has 3 N–H and O–H groups in total. The molecule has 4 rings (SSSR count). The summed E-state index contributed by atoms with van der Waals surface area (Å²) >= 11 is 0. The summed E-state index contributed by atoms with van der Waals surface area (Å²) in [5, 5.41) is 6.75. The molecule has 1 saturated heterocycles. The van der Waals surface area contributed by atoms with Crippen LogP contribution < -0.4 is 15.4 Å². The van der Waals surface area contributed by atoms with E-state index in [2.05, 4.69) is 15.3 Å². The van der Waals surface area contributed by atoms with Crippen molar-refractivity contribution in [3.63, 3.8) is 0 Å². The highest BCUT2D eigenvalue weighted by atomic mass is 32.2. The minimum absolute atomic E-state index is 0.0915. The van der Waals surface area contributed by atoms with Gasteiger partial charge in [-0.15, -0.1) is 0 Å². The standard InChI is InChI=1S/C19H18F5N5O3S/c20-18(21)9-17(18)3-1-5-29(10-17)15-13(6-11(8-27-15)19(22,23)24)16(30)28-12-2-4-26-14(7-12)33(25,31)32/h2,4,6-8H,1,3,5,9-10H2,(H2,25,31,32)(H,26,28,30). The monoisotopic (exact) mass is 491 g/mol. The maximum atomic E-state index is 13.9. The highest BCUT2D eigenvalue weighted by Crippen LogP contribution is 2.64. The van der Waals surface area contributed by atoms with E-state index < -0.39 is 49.6 Å². The number of nitrogens with two attached hydrogens (primary N) is 1. The van der Waals surface area contributed by atoms with E-state index in [0.717, 1.165) is 12.3 Å². The van der Waals surface area contributed by atoms with Gasteiger partial charge in [-0.3, -0.25) is 4.79 Å². The highest BCUT2D eigenvalue weighted by molar-refractivity contribution is 7.89. The number of nitrogens with one attached hydrogen (secondary N) is 1. The highest BCUT2D eigenvalue weighted by Gasteiger charge is 2.71. The number of amides is 1. The van der Waals surface area contributed by atoms with Gasteiger partial charge in [0.2, 0.25) is 0 Å². The molecule has 2 aromatic heterocycles. The van der Waals surface area contributed by atoms with Gasteiger partial charge in [0.15, 0.2) is 5.03 Å². The van der Waals surface area contributed by atoms with Crippen molar-refractivity contribution >= 4 is 27.4 Å². The molecule has 1 spiro atoms. The van der Waals surface area contributed by atoms with Crippen molar-refractivity contribution in [2.45, 2.75) is 36.4 Å². The third-order valence-corrected chi connectivity index (χ3v) is 6.62. The normalized spacial score (nSPS) is 22.3. The molecule has 2 fully saturated rings. The second kappa shape index (κ2) is 7.58. The molecule has 14 heteroatoms. The van der Waals surface area contributed by atoms with Gasteiger partial charge in [-0.2, -0.15) is 13.2 Å². The first-order chi connectivity index (χ1) is 15.2. The van der Waals surface area contributed by atoms with E-state index in [0.29, 0.717) is 18.7 Å². The Bertz CT molecular complexity index is 1220. The Labute approximate surface area is 185 Å². The maximum Gasteiger partial charge on any atom is 0.417 e. The molecule has 2 aromatic rings. The molecule has 1 aliphatic heterocycles. The number of nitrogens with zero attached hydrogens (tertiary/aromatic N) is 3. The van der Waals surface area contributed by atoms with Crippen molar-refractivity contribution in [1.29, 1.82) is 0 Å². The number of sulfonamides is 1. The van der Waals surface area contributed by atoms with Gasteiger partial charge in [-0.05, 0) is 25.0 Å². The molecule has 1 unspecified atom stereocenters. The van der Waals surface area contributed by atoms with Crippen LogP contribution in [0.3, 0.4) is 0 Å². The lowest BCUT2D eigenvalue weighted by atomic mass is 9.94. The number of carbonyl (C=O) groups is 1. The predicted molar refractivity (Wildman–Crippen MR) is 106 cm³/mol. The van der Waals surface area contributed by atoms with Gasteiger partial charge in [0.25, 0.3) is 21.9 Å². The van der Waals surface area contributed by atoms with E-state index in [1.54, 1.807) is 0 Å². The summed E-state index contributed by atoms with van der Waals surface area (Å²) in [6.45, 7) is 0.0881. The van der Waals surface area contributed by atoms with Crippen LogP contribution in [0, 0.1) is 5.41 Å². The Morgan fingerprint density at radius 2 is 1.91 bits per heavy atom. The second-order valence-corrected chi connectivity index (χ2v) is 9.67. The van der Waals surface area contributed by atoms with Crippen LogP contribution in [0.5, 0.6) is 0 Å². The molecular weight excluding hydrogens is 473 g/mol. The third-order valence-electron chi connectivity index (χ3n) is 5.81. The molecule has 0 bridgehead atoms. The van der Waals surface area contributed by atoms with Crippen LogP contribution in [0.4, 0.5) is 33.5 Å². The Hall–Kier alpha value is -2.87. The van der Waals surface area contributed by atoms with Gasteiger partial charge in [0, 0.05) is 43.7 Å². The SMILES string of the molecule is NS(=O)(=O)c1cc(NC(=O)c2cc(C(F)(F)F)cnc2N2CCCC3(C2)CC3(F)F)ccn1. The van der Waals surface area contributed by atoms with Crippen LogP contribution in [-0.2, 0) is 16.2 Å². The van der Waals surface area contributed by atoms with Crippen LogP contribution in [0.2, 0.25) is 0 Å².